The molecule has 4 rings (SSSR count). The van der Waals surface area contributed by atoms with Gasteiger partial charge in [0, 0.05) is 9.79 Å². The molecule has 0 atom stereocenters. The predicted octanol–water partition coefficient (Wildman–Crippen LogP) is 6.08. The maximum Gasteiger partial charge on any atom is 0.337 e. The number of carbonyl (C=O) groups is 1. The van der Waals surface area contributed by atoms with Crippen molar-refractivity contribution in [1.29, 1.82) is 0 Å². The fourth-order valence-electron chi connectivity index (χ4n) is 3.34. The van der Waals surface area contributed by atoms with Gasteiger partial charge in [0.2, 0.25) is 0 Å². The summed E-state index contributed by atoms with van der Waals surface area (Å²) in [6.45, 7) is 0.650. The Balaban J connectivity index is 1.28. The first-order valence-corrected chi connectivity index (χ1v) is 10.5. The minimum atomic E-state index is -0.336. The normalized spacial score (nSPS) is 11.8. The summed E-state index contributed by atoms with van der Waals surface area (Å²) < 4.78 is 10.5. The number of hydrogen-bond acceptors (Lipinski definition) is 5. The second kappa shape index (κ2) is 9.05. The first kappa shape index (κ1) is 19.4. The molecule has 1 heterocycles. The molecule has 5 heteroatoms. The van der Waals surface area contributed by atoms with Crippen molar-refractivity contribution in [3.8, 4) is 5.75 Å². The van der Waals surface area contributed by atoms with Crippen LogP contribution in [0.3, 0.4) is 0 Å². The lowest BCUT2D eigenvalue weighted by Crippen LogP contribution is -2.04. The summed E-state index contributed by atoms with van der Waals surface area (Å²) in [5, 5.41) is 3.61. The molecule has 1 aliphatic rings. The number of nitrogens with one attached hydrogen (secondary N) is 1. The van der Waals surface area contributed by atoms with Crippen LogP contribution in [-0.2, 0) is 11.2 Å². The summed E-state index contributed by atoms with van der Waals surface area (Å²) >= 11 is 1.82. The Morgan fingerprint density at radius 1 is 0.931 bits per heavy atom. The van der Waals surface area contributed by atoms with Gasteiger partial charge in [-0.05, 0) is 67.3 Å². The monoisotopic (exact) mass is 405 g/mol. The maximum atomic E-state index is 11.5. The van der Waals surface area contributed by atoms with Crippen LogP contribution >= 0.6 is 11.8 Å². The number of ether oxygens (including phenoxy) is 2. The van der Waals surface area contributed by atoms with Crippen LogP contribution in [0.15, 0.2) is 76.5 Å². The number of rotatable bonds is 7. The lowest BCUT2D eigenvalue weighted by Gasteiger charge is -2.23. The topological polar surface area (TPSA) is 47.6 Å². The Bertz CT molecular complexity index is 1000. The van der Waals surface area contributed by atoms with Crippen LogP contribution in [0.25, 0.3) is 0 Å². The zero-order valence-corrected chi connectivity index (χ0v) is 17.1. The van der Waals surface area contributed by atoms with E-state index in [4.69, 9.17) is 9.47 Å². The number of benzene rings is 3. The predicted molar refractivity (Wildman–Crippen MR) is 117 cm³/mol. The van der Waals surface area contributed by atoms with Gasteiger partial charge in [-0.1, -0.05) is 36.0 Å². The van der Waals surface area contributed by atoms with E-state index in [1.54, 1.807) is 24.3 Å². The van der Waals surface area contributed by atoms with Crippen molar-refractivity contribution in [1.82, 2.24) is 0 Å². The van der Waals surface area contributed by atoms with E-state index >= 15 is 0 Å². The fourth-order valence-corrected chi connectivity index (χ4v) is 4.38. The zero-order valence-electron chi connectivity index (χ0n) is 16.3. The number of para-hydroxylation sites is 2. The van der Waals surface area contributed by atoms with Gasteiger partial charge in [-0.25, -0.2) is 4.79 Å². The fraction of sp³-hybridized carbons (Fsp3) is 0.208. The Morgan fingerprint density at radius 3 is 2.55 bits per heavy atom. The van der Waals surface area contributed by atoms with E-state index in [9.17, 15) is 4.79 Å². The molecule has 0 saturated carbocycles. The molecule has 0 spiro atoms. The third-order valence-corrected chi connectivity index (χ3v) is 6.00. The standard InChI is InChI=1S/C24H23NO3S/c1-27-24(26)18-12-14-19(15-13-18)28-16-5-4-7-17-8-6-11-22-23(17)25-20-9-2-3-10-21(20)29-22/h2-3,6,8-15,25H,4-5,7,16H2,1H3. The van der Waals surface area contributed by atoms with Crippen LogP contribution in [-0.4, -0.2) is 19.7 Å². The molecule has 148 valence electrons. The van der Waals surface area contributed by atoms with Crippen LogP contribution in [0.4, 0.5) is 11.4 Å². The molecule has 0 bridgehead atoms. The van der Waals surface area contributed by atoms with E-state index in [2.05, 4.69) is 47.8 Å². The molecule has 4 nitrogen and oxygen atoms in total. The third-order valence-electron chi connectivity index (χ3n) is 4.86. The van der Waals surface area contributed by atoms with Crippen molar-refractivity contribution in [2.75, 3.05) is 19.0 Å². The quantitative estimate of drug-likeness (QED) is 0.298. The highest BCUT2D eigenvalue weighted by Crippen LogP contribution is 2.45. The summed E-state index contributed by atoms with van der Waals surface area (Å²) in [4.78, 5) is 14.0. The number of methoxy groups -OCH3 is 1. The van der Waals surface area contributed by atoms with E-state index in [0.29, 0.717) is 12.2 Å². The van der Waals surface area contributed by atoms with Gasteiger partial charge in [0.15, 0.2) is 0 Å². The molecule has 0 aromatic heterocycles. The van der Waals surface area contributed by atoms with E-state index in [0.717, 1.165) is 25.0 Å². The molecule has 0 saturated heterocycles. The lowest BCUT2D eigenvalue weighted by atomic mass is 10.1. The van der Waals surface area contributed by atoms with Gasteiger partial charge in [-0.15, -0.1) is 0 Å². The number of aryl methyl sites for hydroxylation is 1. The summed E-state index contributed by atoms with van der Waals surface area (Å²) in [5.74, 6) is 0.432. The number of hydrogen-bond donors (Lipinski definition) is 1. The van der Waals surface area contributed by atoms with Gasteiger partial charge in [0.05, 0.1) is 30.7 Å². The number of fused-ring (bicyclic) bond motifs is 2. The minimum Gasteiger partial charge on any atom is -0.494 e. The lowest BCUT2D eigenvalue weighted by molar-refractivity contribution is 0.0600. The van der Waals surface area contributed by atoms with Crippen molar-refractivity contribution < 1.29 is 14.3 Å². The molecule has 0 fully saturated rings. The number of carbonyl (C=O) groups excluding carboxylic acids is 1. The molecule has 3 aromatic carbocycles. The number of esters is 1. The van der Waals surface area contributed by atoms with Gasteiger partial charge in [-0.2, -0.15) is 0 Å². The first-order chi connectivity index (χ1) is 14.2. The van der Waals surface area contributed by atoms with Gasteiger partial charge in [-0.3, -0.25) is 0 Å². The molecule has 0 aliphatic carbocycles. The summed E-state index contributed by atoms with van der Waals surface area (Å²) in [5.41, 5.74) is 4.28. The van der Waals surface area contributed by atoms with Crippen LogP contribution < -0.4 is 10.1 Å². The molecule has 1 aliphatic heterocycles. The highest BCUT2D eigenvalue weighted by Gasteiger charge is 2.17. The summed E-state index contributed by atoms with van der Waals surface area (Å²) in [6.07, 6.45) is 3.01. The Labute approximate surface area is 175 Å². The van der Waals surface area contributed by atoms with E-state index in [-0.39, 0.29) is 5.97 Å². The largest absolute Gasteiger partial charge is 0.494 e. The average Bonchev–Trinajstić information content (AvgIpc) is 2.77. The molecule has 3 aromatic rings. The second-order valence-corrected chi connectivity index (χ2v) is 7.92. The summed E-state index contributed by atoms with van der Waals surface area (Å²) in [7, 11) is 1.38. The highest BCUT2D eigenvalue weighted by molar-refractivity contribution is 7.99. The van der Waals surface area contributed by atoms with E-state index in [1.807, 2.05) is 11.8 Å². The summed E-state index contributed by atoms with van der Waals surface area (Å²) in [6, 6.07) is 22.0. The van der Waals surface area contributed by atoms with Gasteiger partial charge < -0.3 is 14.8 Å². The van der Waals surface area contributed by atoms with Gasteiger partial charge in [0.25, 0.3) is 0 Å². The van der Waals surface area contributed by atoms with E-state index < -0.39 is 0 Å². The molecule has 0 unspecified atom stereocenters. The van der Waals surface area contributed by atoms with Crippen LogP contribution in [0.5, 0.6) is 5.75 Å². The Hall–Kier alpha value is -2.92. The first-order valence-electron chi connectivity index (χ1n) is 9.71. The average molecular weight is 406 g/mol. The molecular formula is C24H23NO3S. The molecule has 1 N–H and O–H groups in total. The third kappa shape index (κ3) is 4.57. The molecular weight excluding hydrogens is 382 g/mol. The SMILES string of the molecule is COC(=O)c1ccc(OCCCCc2cccc3c2Nc2ccccc2S3)cc1. The zero-order chi connectivity index (χ0) is 20.1. The minimum absolute atomic E-state index is 0.336. The number of unbranched alkanes of at least 4 members (excludes halogenated alkanes) is 1. The van der Waals surface area contributed by atoms with Crippen LogP contribution in [0.1, 0.15) is 28.8 Å². The van der Waals surface area contributed by atoms with Gasteiger partial charge >= 0.3 is 5.97 Å². The van der Waals surface area contributed by atoms with Crippen LogP contribution in [0.2, 0.25) is 0 Å². The van der Waals surface area contributed by atoms with Crippen molar-refractivity contribution in [3.05, 3.63) is 77.9 Å². The molecule has 0 radical (unpaired) electrons. The van der Waals surface area contributed by atoms with Crippen molar-refractivity contribution in [2.45, 2.75) is 29.1 Å². The van der Waals surface area contributed by atoms with Crippen molar-refractivity contribution >= 4 is 29.1 Å². The number of anilines is 2. The van der Waals surface area contributed by atoms with Crippen molar-refractivity contribution in [2.24, 2.45) is 0 Å². The highest BCUT2D eigenvalue weighted by atomic mass is 32.2. The molecule has 0 amide bonds. The van der Waals surface area contributed by atoms with Crippen molar-refractivity contribution in [3.63, 3.8) is 0 Å². The Morgan fingerprint density at radius 2 is 1.72 bits per heavy atom. The van der Waals surface area contributed by atoms with Gasteiger partial charge in [0.1, 0.15) is 5.75 Å². The van der Waals surface area contributed by atoms with E-state index in [1.165, 1.54) is 33.8 Å². The Kier molecular flexibility index (Phi) is 6.06. The van der Waals surface area contributed by atoms with Crippen LogP contribution in [0, 0.1) is 0 Å². The maximum absolute atomic E-state index is 11.5. The second-order valence-electron chi connectivity index (χ2n) is 6.84. The molecule has 29 heavy (non-hydrogen) atoms. The smallest absolute Gasteiger partial charge is 0.337 e.